The second-order valence-corrected chi connectivity index (χ2v) is 6.34. The van der Waals surface area contributed by atoms with Gasteiger partial charge in [-0.2, -0.15) is 0 Å². The van der Waals surface area contributed by atoms with Crippen molar-refractivity contribution < 1.29 is 0 Å². The molecule has 1 atom stereocenters. The Kier molecular flexibility index (Phi) is 3.18. The van der Waals surface area contributed by atoms with Crippen molar-refractivity contribution >= 4 is 22.9 Å². The largest absolute Gasteiger partial charge is 0.322 e. The van der Waals surface area contributed by atoms with Crippen molar-refractivity contribution in [3.63, 3.8) is 0 Å². The van der Waals surface area contributed by atoms with E-state index in [0.29, 0.717) is 0 Å². The third-order valence-electron chi connectivity index (χ3n) is 4.12. The lowest BCUT2D eigenvalue weighted by atomic mass is 9.60. The molecule has 1 heterocycles. The van der Waals surface area contributed by atoms with Gasteiger partial charge in [-0.25, -0.2) is 0 Å². The SMILES string of the molecule is NC(c1sccc1Cl)C1(c2ccccc2)CCC1. The molecule has 0 radical (unpaired) electrons. The van der Waals surface area contributed by atoms with Crippen LogP contribution in [0, 0.1) is 0 Å². The Morgan fingerprint density at radius 3 is 2.39 bits per heavy atom. The van der Waals surface area contributed by atoms with Gasteiger partial charge in [-0.1, -0.05) is 48.4 Å². The molecule has 1 saturated carbocycles. The van der Waals surface area contributed by atoms with E-state index >= 15 is 0 Å². The van der Waals surface area contributed by atoms with Gasteiger partial charge in [0.25, 0.3) is 0 Å². The molecule has 0 spiro atoms. The minimum absolute atomic E-state index is 0.0150. The van der Waals surface area contributed by atoms with Gasteiger partial charge in [0.1, 0.15) is 0 Å². The van der Waals surface area contributed by atoms with Crippen molar-refractivity contribution in [2.75, 3.05) is 0 Å². The molecule has 3 heteroatoms. The first-order chi connectivity index (χ1) is 8.74. The summed E-state index contributed by atoms with van der Waals surface area (Å²) in [6.07, 6.45) is 3.57. The van der Waals surface area contributed by atoms with Crippen LogP contribution in [0.25, 0.3) is 0 Å². The van der Waals surface area contributed by atoms with Crippen LogP contribution in [0.1, 0.15) is 35.7 Å². The topological polar surface area (TPSA) is 26.0 Å². The first-order valence-corrected chi connectivity index (χ1v) is 7.54. The molecule has 1 aromatic carbocycles. The summed E-state index contributed by atoms with van der Waals surface area (Å²) in [7, 11) is 0. The summed E-state index contributed by atoms with van der Waals surface area (Å²) in [5.41, 5.74) is 7.99. The Morgan fingerprint density at radius 2 is 1.89 bits per heavy atom. The second-order valence-electron chi connectivity index (χ2n) is 4.99. The lowest BCUT2D eigenvalue weighted by molar-refractivity contribution is 0.198. The number of hydrogen-bond acceptors (Lipinski definition) is 2. The van der Waals surface area contributed by atoms with E-state index in [2.05, 4.69) is 30.3 Å². The maximum absolute atomic E-state index is 6.54. The summed E-state index contributed by atoms with van der Waals surface area (Å²) >= 11 is 7.91. The van der Waals surface area contributed by atoms with Gasteiger partial charge in [0, 0.05) is 10.3 Å². The fourth-order valence-corrected chi connectivity index (χ4v) is 4.18. The van der Waals surface area contributed by atoms with E-state index in [1.807, 2.05) is 11.4 Å². The average molecular weight is 278 g/mol. The molecule has 0 amide bonds. The summed E-state index contributed by atoms with van der Waals surface area (Å²) in [6, 6.07) is 12.6. The first-order valence-electron chi connectivity index (χ1n) is 6.28. The molecule has 94 valence electrons. The van der Waals surface area contributed by atoms with Crippen molar-refractivity contribution in [3.8, 4) is 0 Å². The minimum Gasteiger partial charge on any atom is -0.322 e. The molecule has 0 aliphatic heterocycles. The Morgan fingerprint density at radius 1 is 1.17 bits per heavy atom. The standard InChI is InChI=1S/C15H16ClNS/c16-12-7-10-18-13(12)14(17)15(8-4-9-15)11-5-2-1-3-6-11/h1-3,5-7,10,14H,4,8-9,17H2. The van der Waals surface area contributed by atoms with Gasteiger partial charge in [-0.3, -0.25) is 0 Å². The highest BCUT2D eigenvalue weighted by molar-refractivity contribution is 7.10. The lowest BCUT2D eigenvalue weighted by Crippen LogP contribution is -2.44. The third-order valence-corrected chi connectivity index (χ3v) is 5.56. The van der Waals surface area contributed by atoms with E-state index in [4.69, 9.17) is 17.3 Å². The molecule has 2 aromatic rings. The molecule has 2 N–H and O–H groups in total. The Labute approximate surface area is 117 Å². The highest BCUT2D eigenvalue weighted by atomic mass is 35.5. The molecule has 0 bridgehead atoms. The predicted octanol–water partition coefficient (Wildman–Crippen LogP) is 4.52. The molecular weight excluding hydrogens is 262 g/mol. The van der Waals surface area contributed by atoms with E-state index < -0.39 is 0 Å². The van der Waals surface area contributed by atoms with Crippen LogP contribution in [-0.4, -0.2) is 0 Å². The minimum atomic E-state index is 0.0150. The number of hydrogen-bond donors (Lipinski definition) is 1. The molecule has 1 aliphatic carbocycles. The summed E-state index contributed by atoms with van der Waals surface area (Å²) < 4.78 is 0. The fourth-order valence-electron chi connectivity index (χ4n) is 2.89. The molecule has 1 unspecified atom stereocenters. The number of rotatable bonds is 3. The van der Waals surface area contributed by atoms with Gasteiger partial charge < -0.3 is 5.73 Å². The van der Waals surface area contributed by atoms with Crippen LogP contribution in [-0.2, 0) is 5.41 Å². The van der Waals surface area contributed by atoms with Gasteiger partial charge in [0.2, 0.25) is 0 Å². The van der Waals surface area contributed by atoms with Crippen LogP contribution in [0.15, 0.2) is 41.8 Å². The smallest absolute Gasteiger partial charge is 0.0561 e. The van der Waals surface area contributed by atoms with Crippen LogP contribution in [0.3, 0.4) is 0 Å². The fraction of sp³-hybridized carbons (Fsp3) is 0.333. The zero-order valence-corrected chi connectivity index (χ0v) is 11.7. The number of halogens is 1. The molecule has 1 aromatic heterocycles. The molecule has 1 nitrogen and oxygen atoms in total. The zero-order valence-electron chi connectivity index (χ0n) is 10.1. The highest BCUT2D eigenvalue weighted by Gasteiger charge is 2.45. The first kappa shape index (κ1) is 12.2. The van der Waals surface area contributed by atoms with Crippen LogP contribution >= 0.6 is 22.9 Å². The van der Waals surface area contributed by atoms with Crippen molar-refractivity contribution in [1.82, 2.24) is 0 Å². The molecule has 0 saturated heterocycles. The van der Waals surface area contributed by atoms with Crippen LogP contribution in [0.4, 0.5) is 0 Å². The van der Waals surface area contributed by atoms with E-state index in [1.54, 1.807) is 11.3 Å². The van der Waals surface area contributed by atoms with Gasteiger partial charge in [-0.05, 0) is 29.9 Å². The van der Waals surface area contributed by atoms with Crippen LogP contribution in [0.5, 0.6) is 0 Å². The van der Waals surface area contributed by atoms with E-state index in [9.17, 15) is 0 Å². The molecule has 18 heavy (non-hydrogen) atoms. The van der Waals surface area contributed by atoms with Crippen molar-refractivity contribution in [3.05, 3.63) is 57.2 Å². The van der Waals surface area contributed by atoms with Crippen molar-refractivity contribution in [2.24, 2.45) is 5.73 Å². The molecule has 1 fully saturated rings. The molecule has 1 aliphatic rings. The van der Waals surface area contributed by atoms with Crippen LogP contribution in [0.2, 0.25) is 5.02 Å². The number of nitrogens with two attached hydrogens (primary N) is 1. The van der Waals surface area contributed by atoms with Gasteiger partial charge in [0.05, 0.1) is 11.1 Å². The molecule has 3 rings (SSSR count). The number of thiophene rings is 1. The second kappa shape index (κ2) is 4.69. The summed E-state index contributed by atoms with van der Waals surface area (Å²) in [5.74, 6) is 0. The van der Waals surface area contributed by atoms with Gasteiger partial charge in [0.15, 0.2) is 0 Å². The summed E-state index contributed by atoms with van der Waals surface area (Å²) in [6.45, 7) is 0. The van der Waals surface area contributed by atoms with E-state index in [-0.39, 0.29) is 11.5 Å². The monoisotopic (exact) mass is 277 g/mol. The zero-order chi connectivity index (χ0) is 12.6. The van der Waals surface area contributed by atoms with E-state index in [1.165, 1.54) is 12.0 Å². The normalized spacial score (nSPS) is 19.2. The van der Waals surface area contributed by atoms with Gasteiger partial charge in [-0.15, -0.1) is 11.3 Å². The Balaban J connectivity index is 2.00. The third kappa shape index (κ3) is 1.80. The summed E-state index contributed by atoms with van der Waals surface area (Å²) in [4.78, 5) is 1.13. The van der Waals surface area contributed by atoms with Crippen molar-refractivity contribution in [2.45, 2.75) is 30.7 Å². The maximum atomic E-state index is 6.54. The van der Waals surface area contributed by atoms with Crippen molar-refractivity contribution in [1.29, 1.82) is 0 Å². The maximum Gasteiger partial charge on any atom is 0.0561 e. The van der Waals surface area contributed by atoms with E-state index in [0.717, 1.165) is 22.7 Å². The summed E-state index contributed by atoms with van der Waals surface area (Å²) in [5, 5.41) is 2.84. The average Bonchev–Trinajstić information content (AvgIpc) is 2.75. The van der Waals surface area contributed by atoms with Crippen LogP contribution < -0.4 is 5.73 Å². The quantitative estimate of drug-likeness (QED) is 0.877. The Bertz CT molecular complexity index is 530. The number of benzene rings is 1. The van der Waals surface area contributed by atoms with Gasteiger partial charge >= 0.3 is 0 Å². The Hall–Kier alpha value is -0.830. The predicted molar refractivity (Wildman–Crippen MR) is 78.2 cm³/mol. The lowest BCUT2D eigenvalue weighted by Gasteiger charge is -2.46. The highest BCUT2D eigenvalue weighted by Crippen LogP contribution is 2.52. The molecular formula is C15H16ClNS.